The molecule has 0 aromatic heterocycles. The van der Waals surface area contributed by atoms with Gasteiger partial charge in [0.2, 0.25) is 0 Å². The molecule has 0 spiro atoms. The van der Waals surface area contributed by atoms with Gasteiger partial charge in [-0.1, -0.05) is 47.0 Å². The van der Waals surface area contributed by atoms with Crippen LogP contribution in [-0.4, -0.2) is 30.7 Å². The summed E-state index contributed by atoms with van der Waals surface area (Å²) >= 11 is 0. The van der Waals surface area contributed by atoms with Gasteiger partial charge in [-0.2, -0.15) is 0 Å². The van der Waals surface area contributed by atoms with E-state index in [0.29, 0.717) is 0 Å². The maximum absolute atomic E-state index is 2.50. The van der Waals surface area contributed by atoms with Crippen LogP contribution < -0.4 is 17.0 Å². The number of quaternary nitrogens is 1. The van der Waals surface area contributed by atoms with Crippen molar-refractivity contribution >= 4 is 0 Å². The van der Waals surface area contributed by atoms with Crippen LogP contribution in [0.2, 0.25) is 0 Å². The lowest BCUT2D eigenvalue weighted by Gasteiger charge is -2.43. The van der Waals surface area contributed by atoms with Crippen LogP contribution in [0.5, 0.6) is 0 Å². The van der Waals surface area contributed by atoms with Crippen molar-refractivity contribution in [1.29, 1.82) is 0 Å². The zero-order valence-electron chi connectivity index (χ0n) is 14.5. The number of piperidine rings is 1. The van der Waals surface area contributed by atoms with Crippen LogP contribution in [0.4, 0.5) is 0 Å². The van der Waals surface area contributed by atoms with Gasteiger partial charge in [0.25, 0.3) is 0 Å². The molecular weight excluding hydrogens is 310 g/mol. The first kappa shape index (κ1) is 20.4. The molecule has 0 saturated carbocycles. The first-order chi connectivity index (χ1) is 9.08. The molecule has 1 nitrogen and oxygen atoms in total. The van der Waals surface area contributed by atoms with Gasteiger partial charge in [0, 0.05) is 5.92 Å². The zero-order valence-corrected chi connectivity index (χ0v) is 16.1. The van der Waals surface area contributed by atoms with Crippen molar-refractivity contribution in [3.05, 3.63) is 0 Å². The Labute approximate surface area is 138 Å². The molecule has 1 unspecified atom stereocenters. The third-order valence-corrected chi connectivity index (χ3v) is 4.89. The number of halogens is 1. The molecule has 0 aromatic carbocycles. The summed E-state index contributed by atoms with van der Waals surface area (Å²) in [7, 11) is 0. The van der Waals surface area contributed by atoms with Crippen molar-refractivity contribution < 1.29 is 21.5 Å². The molecule has 0 amide bonds. The van der Waals surface area contributed by atoms with Crippen molar-refractivity contribution in [3.8, 4) is 0 Å². The van der Waals surface area contributed by atoms with Crippen LogP contribution >= 0.6 is 0 Å². The smallest absolute Gasteiger partial charge is 0.0812 e. The minimum atomic E-state index is 0. The van der Waals surface area contributed by atoms with Gasteiger partial charge < -0.3 is 21.5 Å². The molecule has 1 aliphatic heterocycles. The SMILES string of the molecule is CCC[N+]1(CC(C)CCCCC(C)C)CCCCC1.[Br-]. The molecule has 1 atom stereocenters. The topological polar surface area (TPSA) is 0 Å². The Morgan fingerprint density at radius 3 is 2.05 bits per heavy atom. The lowest BCUT2D eigenvalue weighted by Crippen LogP contribution is -3.00. The number of hydrogen-bond acceptors (Lipinski definition) is 0. The summed E-state index contributed by atoms with van der Waals surface area (Å²) in [5, 5.41) is 0. The van der Waals surface area contributed by atoms with E-state index in [2.05, 4.69) is 27.7 Å². The number of unbranched alkanes of at least 4 members (excludes halogenated alkanes) is 1. The fourth-order valence-corrected chi connectivity index (χ4v) is 3.95. The Balaban J connectivity index is 0.00000361. The maximum atomic E-state index is 2.50. The lowest BCUT2D eigenvalue weighted by molar-refractivity contribution is -0.935. The monoisotopic (exact) mass is 347 g/mol. The van der Waals surface area contributed by atoms with E-state index in [4.69, 9.17) is 0 Å². The van der Waals surface area contributed by atoms with Crippen molar-refractivity contribution in [2.24, 2.45) is 11.8 Å². The van der Waals surface area contributed by atoms with Gasteiger partial charge in [-0.05, 0) is 38.0 Å². The van der Waals surface area contributed by atoms with Crippen molar-refractivity contribution in [3.63, 3.8) is 0 Å². The van der Waals surface area contributed by atoms with Crippen LogP contribution in [-0.2, 0) is 0 Å². The van der Waals surface area contributed by atoms with Gasteiger partial charge in [-0.3, -0.25) is 0 Å². The summed E-state index contributed by atoms with van der Waals surface area (Å²) < 4.78 is 1.45. The van der Waals surface area contributed by atoms with Gasteiger partial charge in [-0.25, -0.2) is 0 Å². The second kappa shape index (κ2) is 11.1. The van der Waals surface area contributed by atoms with Gasteiger partial charge in [0.05, 0.1) is 26.2 Å². The molecule has 0 radical (unpaired) electrons. The van der Waals surface area contributed by atoms with Crippen molar-refractivity contribution in [2.45, 2.75) is 79.1 Å². The molecule has 122 valence electrons. The van der Waals surface area contributed by atoms with E-state index in [1.807, 2.05) is 0 Å². The number of hydrogen-bond donors (Lipinski definition) is 0. The highest BCUT2D eigenvalue weighted by Gasteiger charge is 2.30. The largest absolute Gasteiger partial charge is 1.00 e. The standard InChI is InChI=1S/C18H38N.BrH/c1-5-13-19(14-9-6-10-15-19)16-18(4)12-8-7-11-17(2)3;/h17-18H,5-16H2,1-4H3;1H/q+1;/p-1. The van der Waals surface area contributed by atoms with Crippen LogP contribution in [0.1, 0.15) is 79.1 Å². The highest BCUT2D eigenvalue weighted by Crippen LogP contribution is 2.24. The minimum Gasteiger partial charge on any atom is -1.00 e. The van der Waals surface area contributed by atoms with Gasteiger partial charge >= 0.3 is 0 Å². The summed E-state index contributed by atoms with van der Waals surface area (Å²) in [6.45, 7) is 15.4. The average Bonchev–Trinajstić information content (AvgIpc) is 2.36. The molecule has 0 aliphatic carbocycles. The Morgan fingerprint density at radius 2 is 1.50 bits per heavy atom. The minimum absolute atomic E-state index is 0. The Bertz CT molecular complexity index is 216. The number of likely N-dealkylation sites (tertiary alicyclic amines) is 1. The molecule has 1 fully saturated rings. The molecular formula is C18H38BrN. The Kier molecular flexibility index (Phi) is 11.3. The van der Waals surface area contributed by atoms with Gasteiger partial charge in [0.15, 0.2) is 0 Å². The summed E-state index contributed by atoms with van der Waals surface area (Å²) in [4.78, 5) is 0. The van der Waals surface area contributed by atoms with Crippen LogP contribution in [0.3, 0.4) is 0 Å². The summed E-state index contributed by atoms with van der Waals surface area (Å²) in [5.74, 6) is 1.81. The van der Waals surface area contributed by atoms with E-state index >= 15 is 0 Å². The number of nitrogens with zero attached hydrogens (tertiary/aromatic N) is 1. The fraction of sp³-hybridized carbons (Fsp3) is 1.00. The lowest BCUT2D eigenvalue weighted by atomic mass is 9.97. The molecule has 2 heteroatoms. The normalized spacial score (nSPS) is 19.6. The maximum Gasteiger partial charge on any atom is 0.0812 e. The Morgan fingerprint density at radius 1 is 0.900 bits per heavy atom. The number of rotatable bonds is 9. The molecule has 1 rings (SSSR count). The molecule has 1 heterocycles. The third kappa shape index (κ3) is 8.02. The molecule has 1 aliphatic rings. The second-order valence-electron chi connectivity index (χ2n) is 7.54. The molecule has 20 heavy (non-hydrogen) atoms. The van der Waals surface area contributed by atoms with E-state index in [1.54, 1.807) is 0 Å². The van der Waals surface area contributed by atoms with Crippen LogP contribution in [0.15, 0.2) is 0 Å². The quantitative estimate of drug-likeness (QED) is 0.443. The average molecular weight is 348 g/mol. The summed E-state index contributed by atoms with van der Waals surface area (Å²) in [5.41, 5.74) is 0. The first-order valence-corrected chi connectivity index (χ1v) is 8.93. The highest BCUT2D eigenvalue weighted by molar-refractivity contribution is 4.60. The molecule has 0 aromatic rings. The predicted molar refractivity (Wildman–Crippen MR) is 86.3 cm³/mol. The van der Waals surface area contributed by atoms with Crippen LogP contribution in [0.25, 0.3) is 0 Å². The molecule has 0 bridgehead atoms. The third-order valence-electron chi connectivity index (χ3n) is 4.89. The highest BCUT2D eigenvalue weighted by atomic mass is 79.9. The van der Waals surface area contributed by atoms with Crippen molar-refractivity contribution in [2.75, 3.05) is 26.2 Å². The van der Waals surface area contributed by atoms with E-state index in [9.17, 15) is 0 Å². The van der Waals surface area contributed by atoms with E-state index in [-0.39, 0.29) is 17.0 Å². The summed E-state index contributed by atoms with van der Waals surface area (Å²) in [6, 6.07) is 0. The predicted octanol–water partition coefficient (Wildman–Crippen LogP) is 2.25. The van der Waals surface area contributed by atoms with Gasteiger partial charge in [-0.15, -0.1) is 0 Å². The Hall–Kier alpha value is 0.440. The van der Waals surface area contributed by atoms with E-state index in [0.717, 1.165) is 11.8 Å². The van der Waals surface area contributed by atoms with E-state index < -0.39 is 0 Å². The van der Waals surface area contributed by atoms with Gasteiger partial charge in [0.1, 0.15) is 0 Å². The molecule has 0 N–H and O–H groups in total. The summed E-state index contributed by atoms with van der Waals surface area (Å²) in [6.07, 6.45) is 11.5. The fourth-order valence-electron chi connectivity index (χ4n) is 3.95. The second-order valence-corrected chi connectivity index (χ2v) is 7.54. The van der Waals surface area contributed by atoms with Crippen molar-refractivity contribution in [1.82, 2.24) is 0 Å². The zero-order chi connectivity index (χ0) is 14.1. The first-order valence-electron chi connectivity index (χ1n) is 8.93. The molecule has 1 saturated heterocycles. The van der Waals surface area contributed by atoms with Crippen LogP contribution in [0, 0.1) is 11.8 Å². The van der Waals surface area contributed by atoms with E-state index in [1.165, 1.54) is 82.0 Å².